The predicted octanol–water partition coefficient (Wildman–Crippen LogP) is 0.176. The van der Waals surface area contributed by atoms with Gasteiger partial charge in [0.25, 0.3) is 0 Å². The van der Waals surface area contributed by atoms with E-state index < -0.39 is 25.1 Å². The van der Waals surface area contributed by atoms with Crippen LogP contribution < -0.4 is 10.5 Å². The molecule has 1 aliphatic rings. The summed E-state index contributed by atoms with van der Waals surface area (Å²) in [7, 11) is -6.91. The van der Waals surface area contributed by atoms with Crippen LogP contribution >= 0.6 is 12.2 Å². The highest BCUT2D eigenvalue weighted by Crippen LogP contribution is 2.20. The van der Waals surface area contributed by atoms with Crippen molar-refractivity contribution in [3.8, 4) is 0 Å². The molecule has 21 heavy (non-hydrogen) atoms. The number of hydrogen-bond donors (Lipinski definition) is 2. The molecule has 0 saturated carbocycles. The first-order valence-electron chi connectivity index (χ1n) is 6.33. The van der Waals surface area contributed by atoms with Gasteiger partial charge in [-0.2, -0.15) is 0 Å². The van der Waals surface area contributed by atoms with Gasteiger partial charge in [0.15, 0.2) is 9.84 Å². The summed E-state index contributed by atoms with van der Waals surface area (Å²) >= 11 is 4.79. The van der Waals surface area contributed by atoms with Gasteiger partial charge in [0.05, 0.1) is 15.9 Å². The van der Waals surface area contributed by atoms with Crippen LogP contribution in [0.4, 0.5) is 0 Å². The Kier molecular flexibility index (Phi) is 4.66. The molecule has 1 fully saturated rings. The van der Waals surface area contributed by atoms with E-state index in [4.69, 9.17) is 18.0 Å². The summed E-state index contributed by atoms with van der Waals surface area (Å²) in [5.74, 6) is 0.127. The molecule has 0 spiro atoms. The molecule has 3 N–H and O–H groups in total. The first-order valence-corrected chi connectivity index (χ1v) is 9.94. The van der Waals surface area contributed by atoms with Gasteiger partial charge in [0.2, 0.25) is 10.0 Å². The Balaban J connectivity index is 2.10. The normalized spacial score (nSPS) is 21.2. The van der Waals surface area contributed by atoms with Crippen molar-refractivity contribution >= 4 is 37.1 Å². The van der Waals surface area contributed by atoms with Gasteiger partial charge in [-0.3, -0.25) is 0 Å². The molecule has 1 saturated heterocycles. The molecule has 0 radical (unpaired) electrons. The number of benzene rings is 1. The van der Waals surface area contributed by atoms with Crippen LogP contribution in [0.5, 0.6) is 0 Å². The molecule has 1 heterocycles. The second-order valence-electron chi connectivity index (χ2n) is 4.87. The van der Waals surface area contributed by atoms with E-state index >= 15 is 0 Å². The summed E-state index contributed by atoms with van der Waals surface area (Å²) in [6.07, 6.45) is 1.07. The van der Waals surface area contributed by atoms with Gasteiger partial charge in [-0.05, 0) is 25.0 Å². The van der Waals surface area contributed by atoms with Gasteiger partial charge in [-0.1, -0.05) is 24.4 Å². The molecule has 1 aliphatic heterocycles. The molecule has 6 nitrogen and oxygen atoms in total. The molecule has 0 amide bonds. The van der Waals surface area contributed by atoms with Crippen LogP contribution in [0.2, 0.25) is 0 Å². The highest BCUT2D eigenvalue weighted by molar-refractivity contribution is 7.92. The van der Waals surface area contributed by atoms with Gasteiger partial charge >= 0.3 is 0 Å². The average molecular weight is 348 g/mol. The quantitative estimate of drug-likeness (QED) is 0.735. The van der Waals surface area contributed by atoms with Crippen LogP contribution in [0.25, 0.3) is 0 Å². The Hall–Kier alpha value is -1.03. The predicted molar refractivity (Wildman–Crippen MR) is 84.3 cm³/mol. The SMILES string of the molecule is NC(=S)c1ccc(S(=O)(=O)NCC2CCCS2(=O)=O)cc1. The van der Waals surface area contributed by atoms with E-state index in [0.717, 1.165) is 0 Å². The first kappa shape index (κ1) is 16.3. The second kappa shape index (κ2) is 5.99. The van der Waals surface area contributed by atoms with E-state index in [2.05, 4.69) is 4.72 Å². The molecule has 116 valence electrons. The van der Waals surface area contributed by atoms with E-state index in [0.29, 0.717) is 18.4 Å². The summed E-state index contributed by atoms with van der Waals surface area (Å²) in [5, 5.41) is -0.636. The number of sulfonamides is 1. The third kappa shape index (κ3) is 3.79. The fourth-order valence-electron chi connectivity index (χ4n) is 2.17. The van der Waals surface area contributed by atoms with Gasteiger partial charge in [-0.15, -0.1) is 0 Å². The smallest absolute Gasteiger partial charge is 0.240 e. The Morgan fingerprint density at radius 3 is 2.43 bits per heavy atom. The summed E-state index contributed by atoms with van der Waals surface area (Å²) in [5.41, 5.74) is 6.02. The maximum Gasteiger partial charge on any atom is 0.240 e. The van der Waals surface area contributed by atoms with Crippen molar-refractivity contribution < 1.29 is 16.8 Å². The minimum atomic E-state index is -3.74. The summed E-state index contributed by atoms with van der Waals surface area (Å²) < 4.78 is 49.9. The molecule has 0 bridgehead atoms. The molecular formula is C12H16N2O4S3. The maximum absolute atomic E-state index is 12.1. The van der Waals surface area contributed by atoms with Crippen LogP contribution in [0, 0.1) is 0 Å². The van der Waals surface area contributed by atoms with Crippen molar-refractivity contribution in [1.29, 1.82) is 0 Å². The Morgan fingerprint density at radius 1 is 1.33 bits per heavy atom. The summed E-state index contributed by atoms with van der Waals surface area (Å²) in [6.45, 7) is -0.0955. The zero-order valence-corrected chi connectivity index (χ0v) is 13.6. The summed E-state index contributed by atoms with van der Waals surface area (Å²) in [4.78, 5) is 0.238. The lowest BCUT2D eigenvalue weighted by atomic mass is 10.2. The molecule has 9 heteroatoms. The van der Waals surface area contributed by atoms with E-state index in [1.807, 2.05) is 0 Å². The Bertz CT molecular complexity index is 739. The van der Waals surface area contributed by atoms with Crippen LogP contribution in [0.1, 0.15) is 18.4 Å². The van der Waals surface area contributed by atoms with E-state index in [-0.39, 0.29) is 22.2 Å². The van der Waals surface area contributed by atoms with Gasteiger partial charge in [0, 0.05) is 12.1 Å². The average Bonchev–Trinajstić information content (AvgIpc) is 2.75. The zero-order chi connectivity index (χ0) is 15.7. The van der Waals surface area contributed by atoms with Crippen molar-refractivity contribution in [2.45, 2.75) is 23.0 Å². The van der Waals surface area contributed by atoms with Crippen molar-refractivity contribution in [2.24, 2.45) is 5.73 Å². The van der Waals surface area contributed by atoms with Gasteiger partial charge in [-0.25, -0.2) is 21.6 Å². The van der Waals surface area contributed by atoms with Crippen LogP contribution in [0.15, 0.2) is 29.2 Å². The third-order valence-corrected chi connectivity index (χ3v) is 7.36. The summed E-state index contributed by atoms with van der Waals surface area (Å²) in [6, 6.07) is 5.81. The molecule has 0 aromatic heterocycles. The Morgan fingerprint density at radius 2 is 1.95 bits per heavy atom. The largest absolute Gasteiger partial charge is 0.389 e. The van der Waals surface area contributed by atoms with E-state index in [1.54, 1.807) is 0 Å². The number of nitrogens with two attached hydrogens (primary N) is 1. The van der Waals surface area contributed by atoms with Crippen molar-refractivity contribution in [3.63, 3.8) is 0 Å². The van der Waals surface area contributed by atoms with Crippen LogP contribution in [-0.2, 0) is 19.9 Å². The number of nitrogens with one attached hydrogen (secondary N) is 1. The van der Waals surface area contributed by atoms with Crippen LogP contribution in [-0.4, -0.2) is 39.4 Å². The van der Waals surface area contributed by atoms with Crippen molar-refractivity contribution in [1.82, 2.24) is 4.72 Å². The van der Waals surface area contributed by atoms with E-state index in [1.165, 1.54) is 24.3 Å². The molecular weight excluding hydrogens is 332 g/mol. The molecule has 0 aliphatic carbocycles. The van der Waals surface area contributed by atoms with Gasteiger partial charge < -0.3 is 5.73 Å². The molecule has 2 rings (SSSR count). The topological polar surface area (TPSA) is 106 Å². The fourth-order valence-corrected chi connectivity index (χ4v) is 5.26. The van der Waals surface area contributed by atoms with Crippen LogP contribution in [0.3, 0.4) is 0 Å². The van der Waals surface area contributed by atoms with Gasteiger partial charge in [0.1, 0.15) is 4.99 Å². The first-order chi connectivity index (χ1) is 9.72. The van der Waals surface area contributed by atoms with Crippen molar-refractivity contribution in [2.75, 3.05) is 12.3 Å². The second-order valence-corrected chi connectivity index (χ2v) is 9.48. The molecule has 1 aromatic rings. The third-order valence-electron chi connectivity index (χ3n) is 3.41. The highest BCUT2D eigenvalue weighted by atomic mass is 32.2. The fraction of sp³-hybridized carbons (Fsp3) is 0.417. The minimum Gasteiger partial charge on any atom is -0.389 e. The standard InChI is InChI=1S/C12H16N2O4S3/c13-12(19)9-3-5-10(6-4-9)21(17,18)14-8-11-2-1-7-20(11,15)16/h3-6,11,14H,1-2,7-8H2,(H2,13,19). The number of thiocarbonyl (C=S) groups is 1. The molecule has 1 unspecified atom stereocenters. The number of sulfone groups is 1. The zero-order valence-electron chi connectivity index (χ0n) is 11.2. The lowest BCUT2D eigenvalue weighted by Crippen LogP contribution is -2.34. The van der Waals surface area contributed by atoms with Crippen molar-refractivity contribution in [3.05, 3.63) is 29.8 Å². The number of rotatable bonds is 5. The number of hydrogen-bond acceptors (Lipinski definition) is 5. The lowest BCUT2D eigenvalue weighted by molar-refractivity contribution is 0.571. The molecule has 1 aromatic carbocycles. The van der Waals surface area contributed by atoms with E-state index in [9.17, 15) is 16.8 Å². The Labute approximate surface area is 129 Å². The minimum absolute atomic E-state index is 0.0536. The molecule has 1 atom stereocenters. The lowest BCUT2D eigenvalue weighted by Gasteiger charge is -2.11. The monoisotopic (exact) mass is 348 g/mol. The maximum atomic E-state index is 12.1. The highest BCUT2D eigenvalue weighted by Gasteiger charge is 2.32.